The molecule has 0 spiro atoms. The highest BCUT2D eigenvalue weighted by Gasteiger charge is 2.22. The highest BCUT2D eigenvalue weighted by molar-refractivity contribution is 5.68. The van der Waals surface area contributed by atoms with E-state index in [0.717, 1.165) is 30.3 Å². The van der Waals surface area contributed by atoms with E-state index in [4.69, 9.17) is 0 Å². The van der Waals surface area contributed by atoms with E-state index >= 15 is 0 Å². The van der Waals surface area contributed by atoms with Crippen molar-refractivity contribution in [2.24, 2.45) is 5.92 Å². The van der Waals surface area contributed by atoms with Crippen LogP contribution < -0.4 is 4.90 Å². The van der Waals surface area contributed by atoms with Gasteiger partial charge < -0.3 is 4.90 Å². The van der Waals surface area contributed by atoms with Gasteiger partial charge in [0, 0.05) is 13.1 Å². The third-order valence-corrected chi connectivity index (χ3v) is 4.51. The standard InChI is InChI=1S/C16H25N5/c1-4-5-13-6-8-20(9-7-13)15-10-14(12(2)3)19-21-11-17-18-16(15)21/h10-13H,4-9H2,1-3H3. The summed E-state index contributed by atoms with van der Waals surface area (Å²) in [5, 5.41) is 12.9. The van der Waals surface area contributed by atoms with Crippen molar-refractivity contribution in [3.63, 3.8) is 0 Å². The third-order valence-electron chi connectivity index (χ3n) is 4.51. The number of aromatic nitrogens is 4. The monoisotopic (exact) mass is 287 g/mol. The van der Waals surface area contributed by atoms with Gasteiger partial charge in [-0.1, -0.05) is 33.6 Å². The number of anilines is 1. The van der Waals surface area contributed by atoms with Crippen LogP contribution in [-0.2, 0) is 0 Å². The SMILES string of the molecule is CCCC1CCN(c2cc(C(C)C)nn3cnnc23)CC1. The van der Waals surface area contributed by atoms with Crippen molar-refractivity contribution in [1.82, 2.24) is 19.8 Å². The maximum atomic E-state index is 4.60. The maximum Gasteiger partial charge on any atom is 0.200 e. The molecule has 0 aliphatic carbocycles. The zero-order valence-electron chi connectivity index (χ0n) is 13.3. The Morgan fingerprint density at radius 1 is 1.29 bits per heavy atom. The number of hydrogen-bond donors (Lipinski definition) is 0. The molecule has 0 bridgehead atoms. The highest BCUT2D eigenvalue weighted by atomic mass is 15.4. The van der Waals surface area contributed by atoms with Crippen molar-refractivity contribution in [3.05, 3.63) is 18.1 Å². The van der Waals surface area contributed by atoms with Crippen molar-refractivity contribution in [2.75, 3.05) is 18.0 Å². The van der Waals surface area contributed by atoms with Gasteiger partial charge in [0.05, 0.1) is 11.4 Å². The Kier molecular flexibility index (Phi) is 4.08. The summed E-state index contributed by atoms with van der Waals surface area (Å²) in [6.45, 7) is 8.87. The fourth-order valence-electron chi connectivity index (χ4n) is 3.22. The lowest BCUT2D eigenvalue weighted by Crippen LogP contribution is -2.34. The van der Waals surface area contributed by atoms with Crippen LogP contribution in [0.4, 0.5) is 5.69 Å². The van der Waals surface area contributed by atoms with Gasteiger partial charge in [-0.05, 0) is 30.7 Å². The van der Waals surface area contributed by atoms with Crippen LogP contribution in [0.3, 0.4) is 0 Å². The molecule has 5 nitrogen and oxygen atoms in total. The molecule has 0 radical (unpaired) electrons. The van der Waals surface area contributed by atoms with E-state index in [1.807, 2.05) is 4.52 Å². The normalized spacial score (nSPS) is 17.0. The Bertz CT molecular complexity index is 596. The van der Waals surface area contributed by atoms with E-state index in [1.165, 1.54) is 31.4 Å². The molecular formula is C16H25N5. The van der Waals surface area contributed by atoms with Crippen LogP contribution >= 0.6 is 0 Å². The molecule has 3 rings (SSSR count). The largest absolute Gasteiger partial charge is 0.368 e. The molecule has 0 unspecified atom stereocenters. The van der Waals surface area contributed by atoms with Crippen molar-refractivity contribution in [2.45, 2.75) is 52.4 Å². The topological polar surface area (TPSA) is 46.3 Å². The first kappa shape index (κ1) is 14.3. The smallest absolute Gasteiger partial charge is 0.200 e. The molecule has 5 heteroatoms. The molecule has 1 aliphatic heterocycles. The van der Waals surface area contributed by atoms with Gasteiger partial charge in [-0.25, -0.2) is 0 Å². The van der Waals surface area contributed by atoms with Crippen LogP contribution in [-0.4, -0.2) is 32.9 Å². The van der Waals surface area contributed by atoms with E-state index in [2.05, 4.69) is 47.0 Å². The van der Waals surface area contributed by atoms with Crippen molar-refractivity contribution >= 4 is 11.3 Å². The van der Waals surface area contributed by atoms with Crippen LogP contribution in [0, 0.1) is 5.92 Å². The molecule has 0 aromatic carbocycles. The van der Waals surface area contributed by atoms with Gasteiger partial charge in [-0.3, -0.25) is 0 Å². The van der Waals surface area contributed by atoms with Crippen molar-refractivity contribution in [1.29, 1.82) is 0 Å². The lowest BCUT2D eigenvalue weighted by atomic mass is 9.92. The molecule has 1 aliphatic rings. The van der Waals surface area contributed by atoms with Gasteiger partial charge in [0.15, 0.2) is 0 Å². The Hall–Kier alpha value is -1.65. The van der Waals surface area contributed by atoms with Crippen LogP contribution in [0.1, 0.15) is 58.1 Å². The molecule has 3 heterocycles. The zero-order chi connectivity index (χ0) is 14.8. The molecular weight excluding hydrogens is 262 g/mol. The van der Waals surface area contributed by atoms with E-state index < -0.39 is 0 Å². The predicted molar refractivity (Wildman–Crippen MR) is 84.7 cm³/mol. The van der Waals surface area contributed by atoms with E-state index in [0.29, 0.717) is 5.92 Å². The second-order valence-corrected chi connectivity index (χ2v) is 6.43. The van der Waals surface area contributed by atoms with Crippen molar-refractivity contribution < 1.29 is 0 Å². The minimum absolute atomic E-state index is 0.410. The lowest BCUT2D eigenvalue weighted by Gasteiger charge is -2.33. The van der Waals surface area contributed by atoms with Crippen molar-refractivity contribution in [3.8, 4) is 0 Å². The number of hydrogen-bond acceptors (Lipinski definition) is 4. The van der Waals surface area contributed by atoms with Gasteiger partial charge in [-0.15, -0.1) is 10.2 Å². The molecule has 2 aromatic heterocycles. The minimum atomic E-state index is 0.410. The van der Waals surface area contributed by atoms with Gasteiger partial charge in [-0.2, -0.15) is 9.61 Å². The summed E-state index contributed by atoms with van der Waals surface area (Å²) in [6, 6.07) is 2.20. The Balaban J connectivity index is 1.88. The number of nitrogens with zero attached hydrogens (tertiary/aromatic N) is 5. The summed E-state index contributed by atoms with van der Waals surface area (Å²) in [4.78, 5) is 2.46. The average molecular weight is 287 g/mol. The van der Waals surface area contributed by atoms with Gasteiger partial charge in [0.2, 0.25) is 5.65 Å². The number of piperidine rings is 1. The molecule has 0 saturated carbocycles. The Morgan fingerprint density at radius 2 is 2.05 bits per heavy atom. The predicted octanol–water partition coefficient (Wildman–Crippen LogP) is 3.26. The fourth-order valence-corrected chi connectivity index (χ4v) is 3.22. The second kappa shape index (κ2) is 6.00. The van der Waals surface area contributed by atoms with E-state index in [1.54, 1.807) is 6.33 Å². The molecule has 1 saturated heterocycles. The molecule has 0 N–H and O–H groups in total. The van der Waals surface area contributed by atoms with Gasteiger partial charge in [0.25, 0.3) is 0 Å². The van der Waals surface area contributed by atoms with Crippen LogP contribution in [0.25, 0.3) is 5.65 Å². The Labute approximate surface area is 126 Å². The number of rotatable bonds is 4. The number of fused-ring (bicyclic) bond motifs is 1. The zero-order valence-corrected chi connectivity index (χ0v) is 13.3. The van der Waals surface area contributed by atoms with Crippen LogP contribution in [0.15, 0.2) is 12.4 Å². The second-order valence-electron chi connectivity index (χ2n) is 6.43. The first-order valence-electron chi connectivity index (χ1n) is 8.15. The van der Waals surface area contributed by atoms with Crippen LogP contribution in [0.5, 0.6) is 0 Å². The fraction of sp³-hybridized carbons (Fsp3) is 0.688. The summed E-state index contributed by atoms with van der Waals surface area (Å²) in [5.74, 6) is 1.31. The van der Waals surface area contributed by atoms with E-state index in [-0.39, 0.29) is 0 Å². The first-order chi connectivity index (χ1) is 10.2. The Morgan fingerprint density at radius 3 is 2.71 bits per heavy atom. The van der Waals surface area contributed by atoms with Crippen LogP contribution in [0.2, 0.25) is 0 Å². The molecule has 0 atom stereocenters. The lowest BCUT2D eigenvalue weighted by molar-refractivity contribution is 0.378. The van der Waals surface area contributed by atoms with E-state index in [9.17, 15) is 0 Å². The quantitative estimate of drug-likeness (QED) is 0.866. The molecule has 21 heavy (non-hydrogen) atoms. The molecule has 114 valence electrons. The highest BCUT2D eigenvalue weighted by Crippen LogP contribution is 2.29. The average Bonchev–Trinajstić information content (AvgIpc) is 2.95. The summed E-state index contributed by atoms with van der Waals surface area (Å²) in [6.07, 6.45) is 6.93. The summed E-state index contributed by atoms with van der Waals surface area (Å²) >= 11 is 0. The van der Waals surface area contributed by atoms with Gasteiger partial charge >= 0.3 is 0 Å². The summed E-state index contributed by atoms with van der Waals surface area (Å²) in [5.41, 5.74) is 3.18. The molecule has 0 amide bonds. The summed E-state index contributed by atoms with van der Waals surface area (Å²) < 4.78 is 1.82. The molecule has 2 aromatic rings. The maximum absolute atomic E-state index is 4.60. The molecule has 1 fully saturated rings. The third kappa shape index (κ3) is 2.87. The van der Waals surface area contributed by atoms with Gasteiger partial charge in [0.1, 0.15) is 6.33 Å². The minimum Gasteiger partial charge on any atom is -0.368 e. The first-order valence-corrected chi connectivity index (χ1v) is 8.15. The summed E-state index contributed by atoms with van der Waals surface area (Å²) in [7, 11) is 0.